The van der Waals surface area contributed by atoms with Crippen LogP contribution in [0.2, 0.25) is 0 Å². The molecule has 2 rings (SSSR count). The van der Waals surface area contributed by atoms with Crippen molar-refractivity contribution in [2.24, 2.45) is 0 Å². The molecule has 1 aliphatic rings. The van der Waals surface area contributed by atoms with Crippen LogP contribution in [-0.4, -0.2) is 26.3 Å². The van der Waals surface area contributed by atoms with Crippen LogP contribution in [0.5, 0.6) is 5.75 Å². The average Bonchev–Trinajstić information content (AvgIpc) is 2.79. The Hall–Kier alpha value is 0.471. The third-order valence-corrected chi connectivity index (χ3v) is 2.97. The van der Waals surface area contributed by atoms with Gasteiger partial charge in [-0.15, -0.1) is 0 Å². The van der Waals surface area contributed by atoms with E-state index >= 15 is 0 Å². The average molecular weight is 298 g/mol. The fourth-order valence-corrected chi connectivity index (χ4v) is 2.01. The Morgan fingerprint density at radius 3 is 2.68 bits per heavy atom. The summed E-state index contributed by atoms with van der Waals surface area (Å²) in [6.07, 6.45) is 1.70. The smallest absolute Gasteiger partial charge is 0.494 e. The van der Waals surface area contributed by atoms with Gasteiger partial charge in [-0.3, -0.25) is 0 Å². The second kappa shape index (κ2) is 7.47. The van der Waals surface area contributed by atoms with Gasteiger partial charge >= 0.3 is 58.4 Å². The molecule has 1 aromatic rings. The van der Waals surface area contributed by atoms with E-state index in [0.717, 1.165) is 18.9 Å². The Balaban J connectivity index is 0.00000180. The first-order chi connectivity index (χ1) is 8.47. The maximum atomic E-state index is 12.9. The topological polar surface area (TPSA) is 18.5 Å². The van der Waals surface area contributed by atoms with Crippen LogP contribution < -0.4 is 61.6 Å². The van der Waals surface area contributed by atoms with Crippen molar-refractivity contribution >= 4 is 12.4 Å². The van der Waals surface area contributed by atoms with E-state index in [1.807, 2.05) is 0 Å². The summed E-state index contributed by atoms with van der Waals surface area (Å²) in [6, 6.07) is 4.13. The van der Waals surface area contributed by atoms with Crippen molar-refractivity contribution in [3.05, 3.63) is 23.8 Å². The van der Waals surface area contributed by atoms with E-state index < -0.39 is 12.4 Å². The molecule has 0 bridgehead atoms. The molecule has 0 spiro atoms. The summed E-state index contributed by atoms with van der Waals surface area (Å²) < 4.78 is 49.2. The Labute approximate surface area is 153 Å². The van der Waals surface area contributed by atoms with Crippen LogP contribution in [0.15, 0.2) is 18.2 Å². The van der Waals surface area contributed by atoms with Crippen LogP contribution in [0.4, 0.5) is 12.9 Å². The first-order valence-electron chi connectivity index (χ1n) is 6.02. The minimum atomic E-state index is -5.05. The van der Waals surface area contributed by atoms with Crippen molar-refractivity contribution in [3.63, 3.8) is 0 Å². The zero-order chi connectivity index (χ0) is 13.2. The SMILES string of the molecule is Cc1ccc(OCC2CCCO2)c([B-](F)(F)F)c1.[K+]. The molecular weight excluding hydrogens is 283 g/mol. The summed E-state index contributed by atoms with van der Waals surface area (Å²) in [5.41, 5.74) is -0.0818. The third-order valence-electron chi connectivity index (χ3n) is 2.97. The van der Waals surface area contributed by atoms with Gasteiger partial charge in [-0.25, -0.2) is 0 Å². The summed E-state index contributed by atoms with van der Waals surface area (Å²) in [5, 5.41) is 0. The number of rotatable bonds is 4. The van der Waals surface area contributed by atoms with Gasteiger partial charge < -0.3 is 22.4 Å². The van der Waals surface area contributed by atoms with Crippen molar-refractivity contribution < 1.29 is 73.8 Å². The van der Waals surface area contributed by atoms with Crippen LogP contribution in [0, 0.1) is 6.92 Å². The summed E-state index contributed by atoms with van der Waals surface area (Å²) in [6.45, 7) is -2.57. The standard InChI is InChI=1S/C12H15BF3O2.K/c1-9-4-5-12(11(7-9)13(14,15)16)18-8-10-3-2-6-17-10;/h4-5,7,10H,2-3,6,8H2,1H3;/q-1;+1. The largest absolute Gasteiger partial charge is 1.00 e. The van der Waals surface area contributed by atoms with Crippen LogP contribution in [-0.2, 0) is 4.74 Å². The molecule has 1 fully saturated rings. The molecule has 0 aliphatic carbocycles. The van der Waals surface area contributed by atoms with Crippen molar-refractivity contribution in [3.8, 4) is 5.75 Å². The third kappa shape index (κ3) is 5.06. The predicted molar refractivity (Wildman–Crippen MR) is 64.4 cm³/mol. The quantitative estimate of drug-likeness (QED) is 0.705. The molecule has 100 valence electrons. The zero-order valence-corrected chi connectivity index (χ0v) is 14.3. The fourth-order valence-electron chi connectivity index (χ4n) is 2.01. The summed E-state index contributed by atoms with van der Waals surface area (Å²) in [5.74, 6) is -0.0939. The van der Waals surface area contributed by atoms with Gasteiger partial charge in [-0.05, 0) is 25.8 Å². The summed E-state index contributed by atoms with van der Waals surface area (Å²) in [7, 11) is 0. The fraction of sp³-hybridized carbons (Fsp3) is 0.500. The van der Waals surface area contributed by atoms with Crippen molar-refractivity contribution in [2.75, 3.05) is 13.2 Å². The summed E-state index contributed by atoms with van der Waals surface area (Å²) >= 11 is 0. The Morgan fingerprint density at radius 2 is 2.11 bits per heavy atom. The number of ether oxygens (including phenoxy) is 2. The van der Waals surface area contributed by atoms with Crippen LogP contribution >= 0.6 is 0 Å². The number of hydrogen-bond donors (Lipinski definition) is 0. The second-order valence-corrected chi connectivity index (χ2v) is 4.56. The number of hydrogen-bond acceptors (Lipinski definition) is 2. The molecule has 2 nitrogen and oxygen atoms in total. The minimum Gasteiger partial charge on any atom is -0.494 e. The van der Waals surface area contributed by atoms with Crippen LogP contribution in [0.1, 0.15) is 18.4 Å². The Bertz CT molecular complexity index is 420. The molecule has 0 saturated carbocycles. The van der Waals surface area contributed by atoms with Crippen LogP contribution in [0.3, 0.4) is 0 Å². The van der Waals surface area contributed by atoms with E-state index in [1.54, 1.807) is 13.0 Å². The van der Waals surface area contributed by atoms with Gasteiger partial charge in [0.2, 0.25) is 0 Å². The molecule has 1 saturated heterocycles. The molecule has 0 aromatic heterocycles. The van der Waals surface area contributed by atoms with Gasteiger partial charge in [-0.1, -0.05) is 23.2 Å². The molecule has 1 aliphatic heterocycles. The van der Waals surface area contributed by atoms with Gasteiger partial charge in [-0.2, -0.15) is 0 Å². The molecular formula is C12H15BF3KO2. The normalized spacial score (nSPS) is 19.1. The number of halogens is 3. The molecule has 19 heavy (non-hydrogen) atoms. The van der Waals surface area contributed by atoms with E-state index in [2.05, 4.69) is 0 Å². The molecule has 0 N–H and O–H groups in total. The van der Waals surface area contributed by atoms with Crippen molar-refractivity contribution in [1.29, 1.82) is 0 Å². The first-order valence-corrected chi connectivity index (χ1v) is 6.02. The monoisotopic (exact) mass is 298 g/mol. The molecule has 7 heteroatoms. The zero-order valence-electron chi connectivity index (χ0n) is 11.2. The molecule has 1 atom stereocenters. The molecule has 0 amide bonds. The number of aryl methyl sites for hydroxylation is 1. The van der Waals surface area contributed by atoms with E-state index in [-0.39, 0.29) is 69.8 Å². The van der Waals surface area contributed by atoms with Gasteiger partial charge in [0.05, 0.1) is 11.9 Å². The van der Waals surface area contributed by atoms with Crippen LogP contribution in [0.25, 0.3) is 0 Å². The van der Waals surface area contributed by atoms with Gasteiger partial charge in [0.25, 0.3) is 0 Å². The molecule has 0 radical (unpaired) electrons. The second-order valence-electron chi connectivity index (χ2n) is 4.56. The molecule has 1 unspecified atom stereocenters. The maximum absolute atomic E-state index is 12.9. The van der Waals surface area contributed by atoms with E-state index in [9.17, 15) is 12.9 Å². The molecule has 1 aromatic carbocycles. The number of benzene rings is 1. The van der Waals surface area contributed by atoms with Gasteiger partial charge in [0.1, 0.15) is 6.61 Å². The molecule has 1 heterocycles. The van der Waals surface area contributed by atoms with E-state index in [0.29, 0.717) is 12.2 Å². The van der Waals surface area contributed by atoms with E-state index in [4.69, 9.17) is 9.47 Å². The maximum Gasteiger partial charge on any atom is 1.00 e. The Morgan fingerprint density at radius 1 is 1.37 bits per heavy atom. The minimum absolute atomic E-state index is 0. The summed E-state index contributed by atoms with van der Waals surface area (Å²) in [4.78, 5) is 0. The van der Waals surface area contributed by atoms with Crippen molar-refractivity contribution in [1.82, 2.24) is 0 Å². The van der Waals surface area contributed by atoms with E-state index in [1.165, 1.54) is 6.07 Å². The van der Waals surface area contributed by atoms with Crippen molar-refractivity contribution in [2.45, 2.75) is 25.9 Å². The first kappa shape index (κ1) is 17.5. The Kier molecular flexibility index (Phi) is 6.89. The predicted octanol–water partition coefficient (Wildman–Crippen LogP) is -0.389. The van der Waals surface area contributed by atoms with Gasteiger partial charge in [0, 0.05) is 6.61 Å². The van der Waals surface area contributed by atoms with Gasteiger partial charge in [0.15, 0.2) is 0 Å².